The van der Waals surface area contributed by atoms with Crippen LogP contribution in [0.1, 0.15) is 36.3 Å². The molecule has 0 fully saturated rings. The number of carbonyl (C=O) groups excluding carboxylic acids is 1. The van der Waals surface area contributed by atoms with Crippen LogP contribution in [-0.4, -0.2) is 28.9 Å². The first-order valence-corrected chi connectivity index (χ1v) is 6.30. The van der Waals surface area contributed by atoms with Gasteiger partial charge in [-0.2, -0.15) is 5.26 Å². The van der Waals surface area contributed by atoms with Crippen LogP contribution >= 0.6 is 0 Å². The average Bonchev–Trinajstić information content (AvgIpc) is 2.47. The molecule has 19 heavy (non-hydrogen) atoms. The van der Waals surface area contributed by atoms with E-state index in [1.165, 1.54) is 0 Å². The van der Waals surface area contributed by atoms with Crippen molar-refractivity contribution in [3.05, 3.63) is 23.4 Å². The largest absolute Gasteiger partial charge is 0.338 e. The molecule has 0 aliphatic rings. The normalized spacial score (nSPS) is 9.79. The first-order chi connectivity index (χ1) is 9.15. The molecule has 0 aliphatic heterocycles. The number of amides is 1. The molecule has 1 rings (SSSR count). The summed E-state index contributed by atoms with van der Waals surface area (Å²) in [7, 11) is 0. The van der Waals surface area contributed by atoms with Crippen LogP contribution in [0.3, 0.4) is 0 Å². The summed E-state index contributed by atoms with van der Waals surface area (Å²) in [5.74, 6) is 5.72. The second-order valence-corrected chi connectivity index (χ2v) is 4.02. The Hall–Kier alpha value is -2.13. The zero-order valence-electron chi connectivity index (χ0n) is 11.3. The number of nitrogens with zero attached hydrogens (tertiary/aromatic N) is 3. The van der Waals surface area contributed by atoms with Crippen LogP contribution in [0.2, 0.25) is 0 Å². The van der Waals surface area contributed by atoms with Crippen LogP contribution in [0.15, 0.2) is 12.1 Å². The molecule has 6 nitrogen and oxygen atoms in total. The fourth-order valence-corrected chi connectivity index (χ4v) is 1.74. The van der Waals surface area contributed by atoms with Crippen LogP contribution in [0.5, 0.6) is 0 Å². The van der Waals surface area contributed by atoms with Crippen LogP contribution in [0.25, 0.3) is 0 Å². The summed E-state index contributed by atoms with van der Waals surface area (Å²) in [6, 6.07) is 5.43. The number of hydrogen-bond acceptors (Lipinski definition) is 5. The van der Waals surface area contributed by atoms with E-state index in [1.54, 1.807) is 17.0 Å². The van der Waals surface area contributed by atoms with E-state index in [4.69, 9.17) is 11.1 Å². The molecule has 1 aromatic rings. The average molecular weight is 261 g/mol. The molecular formula is C13H19N5O. The lowest BCUT2D eigenvalue weighted by Gasteiger charge is -2.20. The number of nitrogen functional groups attached to an aromatic ring is 1. The molecule has 0 saturated heterocycles. The Morgan fingerprint density at radius 3 is 2.79 bits per heavy atom. The van der Waals surface area contributed by atoms with Crippen molar-refractivity contribution in [2.24, 2.45) is 5.84 Å². The molecule has 0 bridgehead atoms. The number of hydrazine groups is 1. The fourth-order valence-electron chi connectivity index (χ4n) is 1.74. The van der Waals surface area contributed by atoms with Crippen molar-refractivity contribution < 1.29 is 4.79 Å². The van der Waals surface area contributed by atoms with E-state index in [0.717, 1.165) is 12.1 Å². The summed E-state index contributed by atoms with van der Waals surface area (Å²) in [4.78, 5) is 18.2. The van der Waals surface area contributed by atoms with Crippen molar-refractivity contribution >= 4 is 11.7 Å². The summed E-state index contributed by atoms with van der Waals surface area (Å²) in [5, 5.41) is 8.60. The third-order valence-electron chi connectivity index (χ3n) is 2.80. The number of aromatic nitrogens is 1. The van der Waals surface area contributed by atoms with Crippen molar-refractivity contribution in [3.8, 4) is 6.07 Å². The Kier molecular flexibility index (Phi) is 5.76. The van der Waals surface area contributed by atoms with Gasteiger partial charge < -0.3 is 10.3 Å². The maximum absolute atomic E-state index is 12.3. The molecule has 6 heteroatoms. The van der Waals surface area contributed by atoms with E-state index in [0.29, 0.717) is 30.9 Å². The predicted octanol–water partition coefficient (Wildman–Crippen LogP) is 1.31. The number of nitrogens with one attached hydrogen (secondary N) is 1. The first-order valence-electron chi connectivity index (χ1n) is 6.30. The van der Waals surface area contributed by atoms with Gasteiger partial charge in [0.05, 0.1) is 12.5 Å². The fraction of sp³-hybridized carbons (Fsp3) is 0.462. The van der Waals surface area contributed by atoms with Crippen molar-refractivity contribution in [1.29, 1.82) is 5.26 Å². The number of nitriles is 1. The van der Waals surface area contributed by atoms with Gasteiger partial charge in [0.2, 0.25) is 0 Å². The van der Waals surface area contributed by atoms with Crippen LogP contribution < -0.4 is 11.3 Å². The molecular weight excluding hydrogens is 242 g/mol. The minimum atomic E-state index is -0.105. The lowest BCUT2D eigenvalue weighted by molar-refractivity contribution is 0.0767. The molecule has 1 amide bonds. The number of nitrogens with two attached hydrogens (primary N) is 1. The van der Waals surface area contributed by atoms with E-state index in [2.05, 4.69) is 10.4 Å². The van der Waals surface area contributed by atoms with E-state index in [1.807, 2.05) is 19.9 Å². The van der Waals surface area contributed by atoms with Gasteiger partial charge in [-0.3, -0.25) is 4.79 Å². The van der Waals surface area contributed by atoms with Crippen LogP contribution in [0, 0.1) is 11.3 Å². The van der Waals surface area contributed by atoms with Crippen molar-refractivity contribution in [2.75, 3.05) is 18.5 Å². The molecule has 0 unspecified atom stereocenters. The van der Waals surface area contributed by atoms with Gasteiger partial charge in [-0.05, 0) is 25.5 Å². The van der Waals surface area contributed by atoms with Gasteiger partial charge in [0.15, 0.2) is 0 Å². The maximum atomic E-state index is 12.3. The molecule has 0 saturated carbocycles. The molecule has 0 aromatic carbocycles. The highest BCUT2D eigenvalue weighted by atomic mass is 16.2. The lowest BCUT2D eigenvalue weighted by atomic mass is 10.1. The van der Waals surface area contributed by atoms with Gasteiger partial charge >= 0.3 is 0 Å². The number of anilines is 1. The summed E-state index contributed by atoms with van der Waals surface area (Å²) < 4.78 is 0. The van der Waals surface area contributed by atoms with E-state index < -0.39 is 0 Å². The Morgan fingerprint density at radius 1 is 1.53 bits per heavy atom. The van der Waals surface area contributed by atoms with Gasteiger partial charge in [-0.15, -0.1) is 0 Å². The van der Waals surface area contributed by atoms with Gasteiger partial charge in [-0.1, -0.05) is 6.92 Å². The highest BCUT2D eigenvalue weighted by molar-refractivity contribution is 5.95. The van der Waals surface area contributed by atoms with E-state index in [9.17, 15) is 4.79 Å². The number of hydrogen-bond donors (Lipinski definition) is 2. The Balaban J connectivity index is 3.00. The lowest BCUT2D eigenvalue weighted by Crippen LogP contribution is -2.32. The van der Waals surface area contributed by atoms with Gasteiger partial charge in [-0.25, -0.2) is 10.8 Å². The topological polar surface area (TPSA) is 95.0 Å². The second-order valence-electron chi connectivity index (χ2n) is 4.02. The molecule has 102 valence electrons. The summed E-state index contributed by atoms with van der Waals surface area (Å²) in [6.45, 7) is 4.85. The zero-order chi connectivity index (χ0) is 14.3. The number of rotatable bonds is 6. The third-order valence-corrected chi connectivity index (χ3v) is 2.80. The number of pyridine rings is 1. The molecule has 0 atom stereocenters. The quantitative estimate of drug-likeness (QED) is 0.594. The minimum Gasteiger partial charge on any atom is -0.338 e. The Morgan fingerprint density at radius 2 is 2.26 bits per heavy atom. The Bertz CT molecular complexity index is 458. The number of aryl methyl sites for hydroxylation is 1. The molecule has 1 heterocycles. The van der Waals surface area contributed by atoms with Crippen LogP contribution in [0.4, 0.5) is 5.82 Å². The first kappa shape index (κ1) is 14.9. The van der Waals surface area contributed by atoms with E-state index in [-0.39, 0.29) is 5.91 Å². The second kappa shape index (κ2) is 7.34. The highest BCUT2D eigenvalue weighted by Crippen LogP contribution is 2.13. The van der Waals surface area contributed by atoms with Crippen LogP contribution in [-0.2, 0) is 6.42 Å². The smallest absolute Gasteiger partial charge is 0.254 e. The standard InChI is InChI=1S/C13H19N5O/c1-3-11-8-10(9-12(16-11)17-15)13(19)18(4-2)7-5-6-14/h8-9H,3-5,7,15H2,1-2H3,(H,16,17). The third kappa shape index (κ3) is 3.93. The van der Waals surface area contributed by atoms with Crippen molar-refractivity contribution in [1.82, 2.24) is 9.88 Å². The van der Waals surface area contributed by atoms with Gasteiger partial charge in [0.25, 0.3) is 5.91 Å². The summed E-state index contributed by atoms with van der Waals surface area (Å²) in [6.07, 6.45) is 1.05. The highest BCUT2D eigenvalue weighted by Gasteiger charge is 2.15. The molecule has 0 radical (unpaired) electrons. The molecule has 3 N–H and O–H groups in total. The van der Waals surface area contributed by atoms with Crippen molar-refractivity contribution in [2.45, 2.75) is 26.7 Å². The minimum absolute atomic E-state index is 0.105. The SMILES string of the molecule is CCc1cc(C(=O)N(CC)CCC#N)cc(NN)n1. The molecule has 0 aliphatic carbocycles. The number of carbonyl (C=O) groups is 1. The van der Waals surface area contributed by atoms with Crippen molar-refractivity contribution in [3.63, 3.8) is 0 Å². The molecule has 0 spiro atoms. The molecule has 1 aromatic heterocycles. The van der Waals surface area contributed by atoms with E-state index >= 15 is 0 Å². The van der Waals surface area contributed by atoms with Gasteiger partial charge in [0, 0.05) is 24.3 Å². The monoisotopic (exact) mass is 261 g/mol. The summed E-state index contributed by atoms with van der Waals surface area (Å²) in [5.41, 5.74) is 3.81. The zero-order valence-corrected chi connectivity index (χ0v) is 11.3. The predicted molar refractivity (Wildman–Crippen MR) is 73.2 cm³/mol. The maximum Gasteiger partial charge on any atom is 0.254 e. The summed E-state index contributed by atoms with van der Waals surface area (Å²) >= 11 is 0. The Labute approximate surface area is 113 Å². The van der Waals surface area contributed by atoms with Gasteiger partial charge in [0.1, 0.15) is 5.82 Å².